The van der Waals surface area contributed by atoms with Crippen LogP contribution in [0.1, 0.15) is 38.1 Å². The maximum Gasteiger partial charge on any atom is 0.271 e. The van der Waals surface area contributed by atoms with E-state index in [0.29, 0.717) is 62.1 Å². The fraction of sp³-hybridized carbons (Fsp3) is 0.258. The molecule has 5 rings (SSSR count). The highest BCUT2D eigenvalue weighted by Gasteiger charge is 2.36. The Morgan fingerprint density at radius 3 is 2.47 bits per heavy atom. The highest BCUT2D eigenvalue weighted by atomic mass is 32.1. The molecule has 11 nitrogen and oxygen atoms in total. The summed E-state index contributed by atoms with van der Waals surface area (Å²) in [7, 11) is 3.10. The van der Waals surface area contributed by atoms with Crippen LogP contribution in [-0.4, -0.2) is 52.2 Å². The Morgan fingerprint density at radius 2 is 1.84 bits per heavy atom. The third-order valence-corrected chi connectivity index (χ3v) is 8.42. The number of carbonyl (C=O) groups is 1. The number of methoxy groups -OCH3 is 2. The molecule has 0 bridgehead atoms. The van der Waals surface area contributed by atoms with Crippen LogP contribution in [0.4, 0.5) is 5.69 Å². The largest absolute Gasteiger partial charge is 0.497 e. The zero-order valence-electron chi connectivity index (χ0n) is 24.4. The fourth-order valence-electron chi connectivity index (χ4n) is 5.24. The second-order valence-corrected chi connectivity index (χ2v) is 10.8. The van der Waals surface area contributed by atoms with Crippen molar-refractivity contribution in [3.05, 3.63) is 113 Å². The molecule has 0 spiro atoms. The number of nitro groups is 1. The monoisotopic (exact) mass is 601 g/mol. The van der Waals surface area contributed by atoms with Gasteiger partial charge in [0.2, 0.25) is 0 Å². The van der Waals surface area contributed by atoms with Crippen molar-refractivity contribution in [3.8, 4) is 17.2 Å². The van der Waals surface area contributed by atoms with Crippen molar-refractivity contribution >= 4 is 29.0 Å². The second kappa shape index (κ2) is 12.1. The topological polar surface area (TPSA) is 121 Å². The van der Waals surface area contributed by atoms with Gasteiger partial charge >= 0.3 is 0 Å². The zero-order valence-corrected chi connectivity index (χ0v) is 25.3. The highest BCUT2D eigenvalue weighted by Crippen LogP contribution is 2.38. The van der Waals surface area contributed by atoms with Gasteiger partial charge < -0.3 is 18.9 Å². The van der Waals surface area contributed by atoms with Gasteiger partial charge in [-0.3, -0.25) is 24.3 Å². The van der Waals surface area contributed by atoms with Gasteiger partial charge in [0, 0.05) is 48.4 Å². The van der Waals surface area contributed by atoms with E-state index in [4.69, 9.17) is 14.5 Å². The molecule has 1 aliphatic rings. The predicted molar refractivity (Wildman–Crippen MR) is 164 cm³/mol. The van der Waals surface area contributed by atoms with E-state index in [9.17, 15) is 19.7 Å². The van der Waals surface area contributed by atoms with Crippen LogP contribution in [0.5, 0.6) is 11.5 Å². The summed E-state index contributed by atoms with van der Waals surface area (Å²) in [6.07, 6.45) is 3.58. The average Bonchev–Trinajstić information content (AvgIpc) is 3.60. The molecule has 0 aliphatic carbocycles. The van der Waals surface area contributed by atoms with Crippen LogP contribution >= 0.6 is 11.3 Å². The molecule has 2 aromatic carbocycles. The smallest absolute Gasteiger partial charge is 0.271 e. The summed E-state index contributed by atoms with van der Waals surface area (Å²) in [5, 5.41) is 11.1. The van der Waals surface area contributed by atoms with Crippen molar-refractivity contribution < 1.29 is 19.2 Å². The molecule has 1 atom stereocenters. The van der Waals surface area contributed by atoms with E-state index in [0.717, 1.165) is 0 Å². The van der Waals surface area contributed by atoms with Crippen LogP contribution in [0, 0.1) is 10.1 Å². The number of nitrogens with zero attached hydrogens (tertiary/aromatic N) is 5. The van der Waals surface area contributed by atoms with Gasteiger partial charge in [0.25, 0.3) is 17.2 Å². The quantitative estimate of drug-likeness (QED) is 0.213. The van der Waals surface area contributed by atoms with Crippen molar-refractivity contribution in [1.29, 1.82) is 0 Å². The Morgan fingerprint density at radius 1 is 1.12 bits per heavy atom. The molecule has 12 heteroatoms. The molecule has 0 saturated heterocycles. The van der Waals surface area contributed by atoms with Crippen molar-refractivity contribution in [2.24, 2.45) is 4.99 Å². The summed E-state index contributed by atoms with van der Waals surface area (Å²) in [4.78, 5) is 45.7. The minimum atomic E-state index is -0.807. The number of nitro benzene ring substituents is 1. The standard InChI is InChI=1S/C31H31N5O6S/c1-6-33(7-2)30(38)27-19(3)32-31-35(28(27)24-18-23(41-4)14-15-25(24)42-5)29(37)26(43-31)17-22-9-8-16-34(22)20-10-12-21(13-11-20)36(39)40/h8-18,28H,6-7H2,1-5H3/b26-17+/t28-/m0/s1. The van der Waals surface area contributed by atoms with Gasteiger partial charge in [-0.1, -0.05) is 11.3 Å². The molecule has 0 radical (unpaired) electrons. The molecule has 1 aliphatic heterocycles. The van der Waals surface area contributed by atoms with E-state index < -0.39 is 11.0 Å². The summed E-state index contributed by atoms with van der Waals surface area (Å²) in [6, 6.07) is 14.4. The van der Waals surface area contributed by atoms with Gasteiger partial charge in [0.1, 0.15) is 17.5 Å². The van der Waals surface area contributed by atoms with Gasteiger partial charge in [0.15, 0.2) is 4.80 Å². The number of benzene rings is 2. The lowest BCUT2D eigenvalue weighted by Gasteiger charge is -2.30. The summed E-state index contributed by atoms with van der Waals surface area (Å²) in [5.74, 6) is 0.859. The van der Waals surface area contributed by atoms with Crippen LogP contribution in [0.3, 0.4) is 0 Å². The van der Waals surface area contributed by atoms with Gasteiger partial charge in [0.05, 0.1) is 34.9 Å². The summed E-state index contributed by atoms with van der Waals surface area (Å²) < 4.78 is 15.0. The average molecular weight is 602 g/mol. The molecule has 0 saturated carbocycles. The minimum absolute atomic E-state index is 0.0100. The van der Waals surface area contributed by atoms with Crippen LogP contribution in [0.25, 0.3) is 11.8 Å². The first-order valence-electron chi connectivity index (χ1n) is 13.7. The maximum absolute atomic E-state index is 14.2. The first kappa shape index (κ1) is 29.5. The number of hydrogen-bond acceptors (Lipinski definition) is 8. The van der Waals surface area contributed by atoms with Crippen molar-refractivity contribution in [1.82, 2.24) is 14.0 Å². The molecule has 0 unspecified atom stereocenters. The molecule has 2 aromatic heterocycles. The number of fused-ring (bicyclic) bond motifs is 1. The van der Waals surface area contributed by atoms with Crippen LogP contribution in [-0.2, 0) is 4.79 Å². The number of likely N-dealkylation sites (N-methyl/N-ethyl adjacent to an activating group) is 1. The summed E-state index contributed by atoms with van der Waals surface area (Å²) in [6.45, 7) is 6.60. The molecular weight excluding hydrogens is 570 g/mol. The van der Waals surface area contributed by atoms with E-state index in [2.05, 4.69) is 0 Å². The number of allylic oxidation sites excluding steroid dienone is 1. The Bertz CT molecular complexity index is 1910. The number of ether oxygens (including phenoxy) is 2. The Balaban J connectivity index is 1.72. The molecule has 0 N–H and O–H groups in total. The number of amides is 1. The molecule has 1 amide bonds. The predicted octanol–water partition coefficient (Wildman–Crippen LogP) is 3.82. The zero-order chi connectivity index (χ0) is 30.8. The maximum atomic E-state index is 14.2. The molecule has 222 valence electrons. The minimum Gasteiger partial charge on any atom is -0.497 e. The van der Waals surface area contributed by atoms with E-state index in [-0.39, 0.29) is 17.2 Å². The number of hydrogen-bond donors (Lipinski definition) is 0. The number of aromatic nitrogens is 2. The summed E-state index contributed by atoms with van der Waals surface area (Å²) >= 11 is 1.22. The van der Waals surface area contributed by atoms with E-state index in [1.807, 2.05) is 36.7 Å². The molecule has 3 heterocycles. The molecular formula is C31H31N5O6S. The van der Waals surface area contributed by atoms with Crippen LogP contribution in [0.2, 0.25) is 0 Å². The third kappa shape index (κ3) is 5.37. The van der Waals surface area contributed by atoms with Gasteiger partial charge in [-0.15, -0.1) is 0 Å². The van der Waals surface area contributed by atoms with E-state index in [1.54, 1.807) is 67.0 Å². The lowest BCUT2D eigenvalue weighted by atomic mass is 9.93. The first-order valence-corrected chi connectivity index (χ1v) is 14.5. The van der Waals surface area contributed by atoms with Crippen LogP contribution < -0.4 is 24.4 Å². The SMILES string of the molecule is CCN(CC)C(=O)C1=C(C)N=c2s/c(=C/c3cccn3-c3ccc([N+](=O)[O-])cc3)c(=O)n2[C@H]1c1cc(OC)ccc1OC. The summed E-state index contributed by atoms with van der Waals surface area (Å²) in [5.41, 5.74) is 2.60. The van der Waals surface area contributed by atoms with Crippen molar-refractivity contribution in [2.45, 2.75) is 26.8 Å². The second-order valence-electron chi connectivity index (χ2n) is 9.74. The lowest BCUT2D eigenvalue weighted by molar-refractivity contribution is -0.384. The highest BCUT2D eigenvalue weighted by molar-refractivity contribution is 7.07. The Hall–Kier alpha value is -4.97. The normalized spacial score (nSPS) is 14.7. The van der Waals surface area contributed by atoms with Gasteiger partial charge in [-0.05, 0) is 69.3 Å². The Labute approximate surface area is 251 Å². The number of rotatable bonds is 9. The molecule has 43 heavy (non-hydrogen) atoms. The molecule has 0 fully saturated rings. The lowest BCUT2D eigenvalue weighted by Crippen LogP contribution is -2.43. The van der Waals surface area contributed by atoms with Crippen LogP contribution in [0.15, 0.2) is 81.9 Å². The van der Waals surface area contributed by atoms with Gasteiger partial charge in [-0.25, -0.2) is 4.99 Å². The van der Waals surface area contributed by atoms with Crippen molar-refractivity contribution in [2.75, 3.05) is 27.3 Å². The van der Waals surface area contributed by atoms with E-state index >= 15 is 0 Å². The molecule has 4 aromatic rings. The number of carbonyl (C=O) groups excluding carboxylic acids is 1. The first-order chi connectivity index (χ1) is 20.7. The fourth-order valence-corrected chi connectivity index (χ4v) is 6.27. The van der Waals surface area contributed by atoms with Gasteiger partial charge in [-0.2, -0.15) is 0 Å². The third-order valence-electron chi connectivity index (χ3n) is 7.43. The van der Waals surface area contributed by atoms with Crippen molar-refractivity contribution in [3.63, 3.8) is 0 Å². The Kier molecular flexibility index (Phi) is 8.31. The number of thiazole rings is 1. The number of non-ortho nitro benzene ring substituents is 1. The van der Waals surface area contributed by atoms with E-state index in [1.165, 1.54) is 23.5 Å².